The standard InChI is InChI=1S/C18H21N3O6S/c1-12-10-21(11-13(2)27-12)28(24,25)15-7-5-14(6-8-15)17(22)19-20-18(23)16-4-3-9-26-16/h3-9,12-13H,10-11H2,1-2H3,(H,19,22)(H,20,23)/t12-,13-/m0/s1. The monoisotopic (exact) mass is 407 g/mol. The van der Waals surface area contributed by atoms with E-state index in [1.807, 2.05) is 13.8 Å². The molecule has 2 atom stereocenters. The molecule has 0 unspecified atom stereocenters. The molecule has 1 aromatic carbocycles. The highest BCUT2D eigenvalue weighted by Crippen LogP contribution is 2.21. The molecule has 1 aliphatic heterocycles. The number of nitrogens with one attached hydrogen (secondary N) is 2. The molecule has 0 saturated carbocycles. The number of furan rings is 1. The normalized spacial score (nSPS) is 20.5. The molecule has 0 spiro atoms. The minimum Gasteiger partial charge on any atom is -0.459 e. The van der Waals surface area contributed by atoms with Crippen LogP contribution in [0.5, 0.6) is 0 Å². The van der Waals surface area contributed by atoms with E-state index >= 15 is 0 Å². The van der Waals surface area contributed by atoms with Gasteiger partial charge in [-0.3, -0.25) is 20.4 Å². The van der Waals surface area contributed by atoms with Gasteiger partial charge >= 0.3 is 5.91 Å². The molecule has 1 fully saturated rings. The van der Waals surface area contributed by atoms with Crippen molar-refractivity contribution in [3.63, 3.8) is 0 Å². The number of benzene rings is 1. The Bertz CT molecular complexity index is 930. The minimum absolute atomic E-state index is 0.0516. The highest BCUT2D eigenvalue weighted by atomic mass is 32.2. The fourth-order valence-electron chi connectivity index (χ4n) is 2.91. The van der Waals surface area contributed by atoms with E-state index in [0.717, 1.165) is 0 Å². The van der Waals surface area contributed by atoms with Crippen LogP contribution in [0.25, 0.3) is 0 Å². The summed E-state index contributed by atoms with van der Waals surface area (Å²) in [7, 11) is -3.69. The van der Waals surface area contributed by atoms with Gasteiger partial charge in [0.2, 0.25) is 10.0 Å². The molecule has 1 saturated heterocycles. The molecule has 1 aliphatic rings. The van der Waals surface area contributed by atoms with Crippen LogP contribution in [-0.4, -0.2) is 49.8 Å². The average molecular weight is 407 g/mol. The summed E-state index contributed by atoms with van der Waals surface area (Å²) in [5.74, 6) is -1.14. The number of carbonyl (C=O) groups excluding carboxylic acids is 2. The van der Waals surface area contributed by atoms with Crippen LogP contribution in [0.2, 0.25) is 0 Å². The lowest BCUT2D eigenvalue weighted by atomic mass is 10.2. The van der Waals surface area contributed by atoms with Gasteiger partial charge in [0.25, 0.3) is 5.91 Å². The van der Waals surface area contributed by atoms with E-state index in [9.17, 15) is 18.0 Å². The summed E-state index contributed by atoms with van der Waals surface area (Å²) in [4.78, 5) is 24.0. The number of morpholine rings is 1. The van der Waals surface area contributed by atoms with Crippen LogP contribution in [0.15, 0.2) is 52.0 Å². The van der Waals surface area contributed by atoms with Gasteiger partial charge in [-0.15, -0.1) is 0 Å². The number of hydrogen-bond donors (Lipinski definition) is 2. The highest BCUT2D eigenvalue weighted by Gasteiger charge is 2.32. The predicted octanol–water partition coefficient (Wildman–Crippen LogP) is 1.15. The number of rotatable bonds is 4. The minimum atomic E-state index is -3.69. The van der Waals surface area contributed by atoms with Gasteiger partial charge in [-0.2, -0.15) is 4.31 Å². The van der Waals surface area contributed by atoms with Gasteiger partial charge in [-0.1, -0.05) is 0 Å². The maximum absolute atomic E-state index is 12.8. The second kappa shape index (κ2) is 8.13. The third kappa shape index (κ3) is 4.41. The first kappa shape index (κ1) is 20.1. The van der Waals surface area contributed by atoms with Crippen LogP contribution in [0.1, 0.15) is 34.8 Å². The molecule has 2 N–H and O–H groups in total. The number of hydrogen-bond acceptors (Lipinski definition) is 6. The lowest BCUT2D eigenvalue weighted by Crippen LogP contribution is -2.48. The maximum Gasteiger partial charge on any atom is 0.305 e. The number of carbonyl (C=O) groups is 2. The number of sulfonamides is 1. The first-order valence-electron chi connectivity index (χ1n) is 8.67. The summed E-state index contributed by atoms with van der Waals surface area (Å²) in [5, 5.41) is 0. The third-order valence-corrected chi connectivity index (χ3v) is 6.02. The van der Waals surface area contributed by atoms with Gasteiger partial charge < -0.3 is 9.15 Å². The molecule has 0 aliphatic carbocycles. The highest BCUT2D eigenvalue weighted by molar-refractivity contribution is 7.89. The van der Waals surface area contributed by atoms with E-state index in [2.05, 4.69) is 10.9 Å². The Kier molecular flexibility index (Phi) is 5.82. The molecule has 0 radical (unpaired) electrons. The van der Waals surface area contributed by atoms with Crippen molar-refractivity contribution in [2.24, 2.45) is 0 Å². The summed E-state index contributed by atoms with van der Waals surface area (Å²) in [6.07, 6.45) is 0.953. The lowest BCUT2D eigenvalue weighted by Gasteiger charge is -2.34. The second-order valence-electron chi connectivity index (χ2n) is 6.49. The Balaban J connectivity index is 1.65. The summed E-state index contributed by atoms with van der Waals surface area (Å²) in [6, 6.07) is 8.50. The Labute approximate surface area is 162 Å². The Morgan fingerprint density at radius 3 is 2.18 bits per heavy atom. The molecule has 2 aromatic rings. The fourth-order valence-corrected chi connectivity index (χ4v) is 4.50. The van der Waals surface area contributed by atoms with E-state index < -0.39 is 21.8 Å². The van der Waals surface area contributed by atoms with Gasteiger partial charge in [0.15, 0.2) is 5.76 Å². The van der Waals surface area contributed by atoms with Crippen molar-refractivity contribution >= 4 is 21.8 Å². The van der Waals surface area contributed by atoms with Crippen molar-refractivity contribution in [2.75, 3.05) is 13.1 Å². The summed E-state index contributed by atoms with van der Waals surface area (Å²) in [6.45, 7) is 4.19. The van der Waals surface area contributed by atoms with Crippen LogP contribution < -0.4 is 10.9 Å². The number of amides is 2. The topological polar surface area (TPSA) is 118 Å². The molecule has 150 valence electrons. The average Bonchev–Trinajstić information content (AvgIpc) is 3.20. The first-order chi connectivity index (χ1) is 13.3. The maximum atomic E-state index is 12.8. The van der Waals surface area contributed by atoms with Crippen LogP contribution in [0, 0.1) is 0 Å². The molecule has 2 amide bonds. The van der Waals surface area contributed by atoms with Crippen molar-refractivity contribution < 1.29 is 27.2 Å². The van der Waals surface area contributed by atoms with E-state index in [1.54, 1.807) is 6.07 Å². The van der Waals surface area contributed by atoms with Crippen molar-refractivity contribution in [3.05, 3.63) is 54.0 Å². The van der Waals surface area contributed by atoms with Crippen LogP contribution in [0.3, 0.4) is 0 Å². The molecule has 2 heterocycles. The second-order valence-corrected chi connectivity index (χ2v) is 8.43. The molecule has 0 bridgehead atoms. The van der Waals surface area contributed by atoms with E-state index in [4.69, 9.17) is 9.15 Å². The van der Waals surface area contributed by atoms with Crippen LogP contribution in [0.4, 0.5) is 0 Å². The van der Waals surface area contributed by atoms with Crippen LogP contribution in [-0.2, 0) is 14.8 Å². The quantitative estimate of drug-likeness (QED) is 0.734. The van der Waals surface area contributed by atoms with E-state index in [1.165, 1.54) is 40.9 Å². The zero-order valence-corrected chi connectivity index (χ0v) is 16.2. The third-order valence-electron chi connectivity index (χ3n) is 4.17. The summed E-state index contributed by atoms with van der Waals surface area (Å²) >= 11 is 0. The Hall–Kier alpha value is -2.69. The molecule has 9 nitrogen and oxygen atoms in total. The Morgan fingerprint density at radius 2 is 1.61 bits per heavy atom. The zero-order chi connectivity index (χ0) is 20.3. The van der Waals surface area contributed by atoms with Crippen molar-refractivity contribution in [1.29, 1.82) is 0 Å². The molecule has 3 rings (SSSR count). The van der Waals surface area contributed by atoms with Gasteiger partial charge in [0, 0.05) is 18.7 Å². The Morgan fingerprint density at radius 1 is 1.00 bits per heavy atom. The number of nitrogens with zero attached hydrogens (tertiary/aromatic N) is 1. The summed E-state index contributed by atoms with van der Waals surface area (Å²) < 4.78 is 37.5. The van der Waals surface area contributed by atoms with E-state index in [0.29, 0.717) is 0 Å². The number of hydrazine groups is 1. The lowest BCUT2D eigenvalue weighted by molar-refractivity contribution is -0.0440. The van der Waals surface area contributed by atoms with Gasteiger partial charge in [-0.05, 0) is 50.2 Å². The summed E-state index contributed by atoms with van der Waals surface area (Å²) in [5.41, 5.74) is 4.66. The van der Waals surface area contributed by atoms with Crippen molar-refractivity contribution in [3.8, 4) is 0 Å². The smallest absolute Gasteiger partial charge is 0.305 e. The SMILES string of the molecule is C[C@H]1CN(S(=O)(=O)c2ccc(C(=O)NNC(=O)c3ccco3)cc2)C[C@H](C)O1. The van der Waals surface area contributed by atoms with E-state index in [-0.39, 0.29) is 41.5 Å². The van der Waals surface area contributed by atoms with Gasteiger partial charge in [0.05, 0.1) is 23.4 Å². The molecular formula is C18H21N3O6S. The van der Waals surface area contributed by atoms with Gasteiger partial charge in [0.1, 0.15) is 0 Å². The zero-order valence-electron chi connectivity index (χ0n) is 15.4. The van der Waals surface area contributed by atoms with Crippen LogP contribution >= 0.6 is 0 Å². The largest absolute Gasteiger partial charge is 0.459 e. The molecule has 1 aromatic heterocycles. The van der Waals surface area contributed by atoms with Crippen molar-refractivity contribution in [2.45, 2.75) is 31.0 Å². The fraction of sp³-hybridized carbons (Fsp3) is 0.333. The van der Waals surface area contributed by atoms with Gasteiger partial charge in [-0.25, -0.2) is 8.42 Å². The molecule has 28 heavy (non-hydrogen) atoms. The molecular weight excluding hydrogens is 386 g/mol. The first-order valence-corrected chi connectivity index (χ1v) is 10.1. The number of ether oxygens (including phenoxy) is 1. The predicted molar refractivity (Wildman–Crippen MR) is 98.9 cm³/mol. The van der Waals surface area contributed by atoms with Crippen molar-refractivity contribution in [1.82, 2.24) is 15.2 Å². The molecule has 10 heteroatoms.